The highest BCUT2D eigenvalue weighted by Crippen LogP contribution is 2.29. The molecule has 1 heterocycles. The van der Waals surface area contributed by atoms with Crippen molar-refractivity contribution in [2.75, 3.05) is 7.11 Å². The number of aromatic amines is 1. The summed E-state index contributed by atoms with van der Waals surface area (Å²) in [6.45, 7) is 4.03. The predicted octanol–water partition coefficient (Wildman–Crippen LogP) is 2.61. The van der Waals surface area contributed by atoms with Crippen LogP contribution in [0.25, 0.3) is 10.9 Å². The molecule has 0 bridgehead atoms. The van der Waals surface area contributed by atoms with Crippen LogP contribution in [0.4, 0.5) is 0 Å². The maximum absolute atomic E-state index is 11.0. The summed E-state index contributed by atoms with van der Waals surface area (Å²) in [5, 5.41) is 0.930. The van der Waals surface area contributed by atoms with Gasteiger partial charge in [0.05, 0.1) is 18.2 Å². The van der Waals surface area contributed by atoms with Crippen molar-refractivity contribution in [3.8, 4) is 5.88 Å². The van der Waals surface area contributed by atoms with Crippen LogP contribution >= 0.6 is 0 Å². The van der Waals surface area contributed by atoms with Gasteiger partial charge in [-0.05, 0) is 25.5 Å². The fourth-order valence-corrected chi connectivity index (χ4v) is 1.93. The summed E-state index contributed by atoms with van der Waals surface area (Å²) in [5.41, 5.74) is 3.83. The van der Waals surface area contributed by atoms with E-state index in [-0.39, 0.29) is 0 Å². The lowest BCUT2D eigenvalue weighted by Crippen LogP contribution is -1.86. The van der Waals surface area contributed by atoms with E-state index in [1.807, 2.05) is 19.9 Å². The number of hydrogen-bond acceptors (Lipinski definition) is 2. The molecule has 3 heteroatoms. The molecule has 0 aliphatic rings. The van der Waals surface area contributed by atoms with Gasteiger partial charge in [0.25, 0.3) is 0 Å². The number of aldehydes is 1. The van der Waals surface area contributed by atoms with Gasteiger partial charge in [0.2, 0.25) is 5.88 Å². The number of fused-ring (bicyclic) bond motifs is 1. The number of aromatic nitrogens is 1. The number of ether oxygens (including phenoxy) is 1. The molecular weight excluding hydrogens is 190 g/mol. The Hall–Kier alpha value is -1.77. The Bertz CT molecular complexity index is 526. The van der Waals surface area contributed by atoms with Crippen molar-refractivity contribution in [1.82, 2.24) is 4.98 Å². The Morgan fingerprint density at radius 3 is 2.67 bits per heavy atom. The highest BCUT2D eigenvalue weighted by molar-refractivity contribution is 6.01. The second-order valence-corrected chi connectivity index (χ2v) is 3.69. The quantitative estimate of drug-likeness (QED) is 0.762. The largest absolute Gasteiger partial charge is 0.482 e. The van der Waals surface area contributed by atoms with E-state index in [9.17, 15) is 4.79 Å². The zero-order chi connectivity index (χ0) is 11.0. The van der Waals surface area contributed by atoms with Gasteiger partial charge in [-0.3, -0.25) is 4.79 Å². The summed E-state index contributed by atoms with van der Waals surface area (Å²) in [7, 11) is 1.56. The van der Waals surface area contributed by atoms with E-state index in [1.54, 1.807) is 7.11 Å². The molecule has 1 N–H and O–H groups in total. The summed E-state index contributed by atoms with van der Waals surface area (Å²) in [6, 6.07) is 4.07. The maximum Gasteiger partial charge on any atom is 0.202 e. The van der Waals surface area contributed by atoms with E-state index in [0.29, 0.717) is 11.4 Å². The fraction of sp³-hybridized carbons (Fsp3) is 0.250. The Labute approximate surface area is 88.1 Å². The standard InChI is InChI=1S/C12H13NO2/c1-7-4-8(2)11-9(5-7)10(6-14)12(13-11)15-3/h4-6,13H,1-3H3. The first kappa shape index (κ1) is 9.77. The van der Waals surface area contributed by atoms with Gasteiger partial charge in [-0.15, -0.1) is 0 Å². The third-order valence-electron chi connectivity index (χ3n) is 2.58. The van der Waals surface area contributed by atoms with Gasteiger partial charge in [-0.2, -0.15) is 0 Å². The number of methoxy groups -OCH3 is 1. The normalized spacial score (nSPS) is 10.6. The molecule has 78 valence electrons. The molecular formula is C12H13NO2. The smallest absolute Gasteiger partial charge is 0.202 e. The van der Waals surface area contributed by atoms with E-state index < -0.39 is 0 Å². The van der Waals surface area contributed by atoms with E-state index in [0.717, 1.165) is 28.3 Å². The molecule has 0 fully saturated rings. The van der Waals surface area contributed by atoms with Crippen molar-refractivity contribution in [2.45, 2.75) is 13.8 Å². The lowest BCUT2D eigenvalue weighted by atomic mass is 10.1. The molecule has 1 aromatic carbocycles. The first-order valence-corrected chi connectivity index (χ1v) is 4.79. The number of nitrogens with one attached hydrogen (secondary N) is 1. The predicted molar refractivity (Wildman–Crippen MR) is 59.7 cm³/mol. The minimum Gasteiger partial charge on any atom is -0.482 e. The second kappa shape index (κ2) is 3.42. The zero-order valence-electron chi connectivity index (χ0n) is 9.05. The van der Waals surface area contributed by atoms with Crippen LogP contribution in [0, 0.1) is 13.8 Å². The molecule has 0 aliphatic carbocycles. The lowest BCUT2D eigenvalue weighted by molar-refractivity contribution is 0.112. The van der Waals surface area contributed by atoms with Crippen molar-refractivity contribution >= 4 is 17.2 Å². The third-order valence-corrected chi connectivity index (χ3v) is 2.58. The highest BCUT2D eigenvalue weighted by atomic mass is 16.5. The lowest BCUT2D eigenvalue weighted by Gasteiger charge is -1.98. The van der Waals surface area contributed by atoms with E-state index in [4.69, 9.17) is 4.74 Å². The topological polar surface area (TPSA) is 42.1 Å². The van der Waals surface area contributed by atoms with Gasteiger partial charge in [0.15, 0.2) is 6.29 Å². The van der Waals surface area contributed by atoms with Crippen LogP contribution in [0.15, 0.2) is 12.1 Å². The number of hydrogen-bond donors (Lipinski definition) is 1. The van der Waals surface area contributed by atoms with Gasteiger partial charge in [-0.25, -0.2) is 0 Å². The monoisotopic (exact) mass is 203 g/mol. The highest BCUT2D eigenvalue weighted by Gasteiger charge is 2.12. The second-order valence-electron chi connectivity index (χ2n) is 3.69. The van der Waals surface area contributed by atoms with Crippen LogP contribution in [-0.4, -0.2) is 18.4 Å². The maximum atomic E-state index is 11.0. The Morgan fingerprint density at radius 1 is 1.33 bits per heavy atom. The molecule has 2 rings (SSSR count). The summed E-state index contributed by atoms with van der Waals surface area (Å²) in [6.07, 6.45) is 0.830. The molecule has 0 aliphatic heterocycles. The van der Waals surface area contributed by atoms with Crippen LogP contribution < -0.4 is 4.74 Å². The number of carbonyl (C=O) groups is 1. The molecule has 0 unspecified atom stereocenters. The van der Waals surface area contributed by atoms with Crippen molar-refractivity contribution in [3.63, 3.8) is 0 Å². The molecule has 0 saturated carbocycles. The Balaban J connectivity index is 2.88. The summed E-state index contributed by atoms with van der Waals surface area (Å²) in [5.74, 6) is 0.536. The SMILES string of the molecule is COc1[nH]c2c(C)cc(C)cc2c1C=O. The van der Waals surface area contributed by atoms with E-state index >= 15 is 0 Å². The summed E-state index contributed by atoms with van der Waals surface area (Å²) >= 11 is 0. The van der Waals surface area contributed by atoms with Gasteiger partial charge in [-0.1, -0.05) is 11.6 Å². The molecule has 15 heavy (non-hydrogen) atoms. The molecule has 0 spiro atoms. The fourth-order valence-electron chi connectivity index (χ4n) is 1.93. The minimum absolute atomic E-state index is 0.536. The number of rotatable bonds is 2. The summed E-state index contributed by atoms with van der Waals surface area (Å²) in [4.78, 5) is 14.1. The molecule has 1 aromatic heterocycles. The molecule has 0 amide bonds. The van der Waals surface area contributed by atoms with Gasteiger partial charge in [0, 0.05) is 5.39 Å². The molecule has 0 saturated heterocycles. The molecule has 0 radical (unpaired) electrons. The van der Waals surface area contributed by atoms with Gasteiger partial charge < -0.3 is 9.72 Å². The van der Waals surface area contributed by atoms with Crippen LogP contribution in [0.3, 0.4) is 0 Å². The number of aryl methyl sites for hydroxylation is 2. The number of benzene rings is 1. The molecule has 3 nitrogen and oxygen atoms in total. The number of carbonyl (C=O) groups excluding carboxylic acids is 1. The molecule has 2 aromatic rings. The average Bonchev–Trinajstić information content (AvgIpc) is 2.55. The first-order chi connectivity index (χ1) is 7.17. The van der Waals surface area contributed by atoms with Crippen molar-refractivity contribution in [1.29, 1.82) is 0 Å². The van der Waals surface area contributed by atoms with Crippen molar-refractivity contribution in [2.24, 2.45) is 0 Å². The summed E-state index contributed by atoms with van der Waals surface area (Å²) < 4.78 is 5.13. The van der Waals surface area contributed by atoms with Gasteiger partial charge >= 0.3 is 0 Å². The first-order valence-electron chi connectivity index (χ1n) is 4.79. The van der Waals surface area contributed by atoms with Gasteiger partial charge in [0.1, 0.15) is 0 Å². The third kappa shape index (κ3) is 1.40. The Morgan fingerprint density at radius 2 is 2.07 bits per heavy atom. The van der Waals surface area contributed by atoms with Crippen molar-refractivity contribution in [3.05, 3.63) is 28.8 Å². The van der Waals surface area contributed by atoms with E-state index in [1.165, 1.54) is 0 Å². The number of H-pyrrole nitrogens is 1. The van der Waals surface area contributed by atoms with Crippen LogP contribution in [0.2, 0.25) is 0 Å². The van der Waals surface area contributed by atoms with Crippen LogP contribution in [-0.2, 0) is 0 Å². The molecule has 0 atom stereocenters. The van der Waals surface area contributed by atoms with Crippen LogP contribution in [0.5, 0.6) is 5.88 Å². The van der Waals surface area contributed by atoms with E-state index in [2.05, 4.69) is 11.1 Å². The van der Waals surface area contributed by atoms with Crippen molar-refractivity contribution < 1.29 is 9.53 Å². The average molecular weight is 203 g/mol. The Kier molecular flexibility index (Phi) is 2.23. The minimum atomic E-state index is 0.536. The van der Waals surface area contributed by atoms with Crippen LogP contribution in [0.1, 0.15) is 21.5 Å². The zero-order valence-corrected chi connectivity index (χ0v) is 9.05.